The summed E-state index contributed by atoms with van der Waals surface area (Å²) in [6.07, 6.45) is 2.31. The van der Waals surface area contributed by atoms with E-state index in [0.29, 0.717) is 12.6 Å². The van der Waals surface area contributed by atoms with Gasteiger partial charge in [-0.1, -0.05) is 13.8 Å². The molecule has 7 nitrogen and oxygen atoms in total. The van der Waals surface area contributed by atoms with E-state index in [2.05, 4.69) is 38.7 Å². The molecule has 0 aromatic rings. The Morgan fingerprint density at radius 3 is 2.38 bits per heavy atom. The van der Waals surface area contributed by atoms with Crippen molar-refractivity contribution in [2.24, 2.45) is 4.99 Å². The average Bonchev–Trinajstić information content (AvgIpc) is 2.87. The molecule has 0 aliphatic carbocycles. The Bertz CT molecular complexity index is 506. The normalized spacial score (nSPS) is 19.5. The Balaban J connectivity index is 0.00000529. The molecule has 1 aliphatic rings. The molecule has 0 spiro atoms. The maximum Gasteiger partial charge on any atom is 0.209 e. The van der Waals surface area contributed by atoms with Crippen LogP contribution in [0.25, 0.3) is 0 Å². The van der Waals surface area contributed by atoms with Crippen LogP contribution >= 0.6 is 24.0 Å². The maximum atomic E-state index is 11.4. The first-order valence-electron chi connectivity index (χ1n) is 8.30. The van der Waals surface area contributed by atoms with Crippen LogP contribution in [0.1, 0.15) is 34.1 Å². The monoisotopic (exact) mass is 475 g/mol. The zero-order valence-corrected chi connectivity index (χ0v) is 18.9. The van der Waals surface area contributed by atoms with Gasteiger partial charge in [-0.25, -0.2) is 13.1 Å². The van der Waals surface area contributed by atoms with Crippen LogP contribution in [0.2, 0.25) is 0 Å². The number of halogens is 1. The second-order valence-corrected chi connectivity index (χ2v) is 8.52. The number of nitrogens with zero attached hydrogens (tertiary/aromatic N) is 3. The molecule has 0 aromatic carbocycles. The minimum Gasteiger partial charge on any atom is -0.354 e. The topological polar surface area (TPSA) is 77.0 Å². The van der Waals surface area contributed by atoms with Crippen molar-refractivity contribution in [3.05, 3.63) is 0 Å². The van der Waals surface area contributed by atoms with E-state index in [9.17, 15) is 8.42 Å². The van der Waals surface area contributed by atoms with Crippen molar-refractivity contribution >= 4 is 40.0 Å². The number of sulfonamides is 1. The molecule has 24 heavy (non-hydrogen) atoms. The van der Waals surface area contributed by atoms with Crippen molar-refractivity contribution in [1.29, 1.82) is 0 Å². The highest BCUT2D eigenvalue weighted by Gasteiger charge is 2.29. The van der Waals surface area contributed by atoms with Gasteiger partial charge in [0.1, 0.15) is 0 Å². The number of rotatable bonds is 7. The van der Waals surface area contributed by atoms with Crippen LogP contribution in [0.15, 0.2) is 4.99 Å². The number of guanidine groups is 1. The standard InChI is InChI=1S/C15H33N5O2S.HI/c1-7-19(8-2)13-9-10-20(11-13)14(16-5)17-12-15(3,4)18-23(6,21)22;/h13,18H,7-12H2,1-6H3,(H,16,17);1H. The van der Waals surface area contributed by atoms with Crippen molar-refractivity contribution in [2.45, 2.75) is 45.7 Å². The summed E-state index contributed by atoms with van der Waals surface area (Å²) in [7, 11) is -1.46. The van der Waals surface area contributed by atoms with E-state index in [1.807, 2.05) is 13.8 Å². The lowest BCUT2D eigenvalue weighted by Crippen LogP contribution is -2.53. The first kappa shape index (κ1) is 23.9. The van der Waals surface area contributed by atoms with Crippen molar-refractivity contribution in [3.8, 4) is 0 Å². The van der Waals surface area contributed by atoms with Gasteiger partial charge >= 0.3 is 0 Å². The summed E-state index contributed by atoms with van der Waals surface area (Å²) in [6, 6.07) is 0.561. The van der Waals surface area contributed by atoms with Crippen LogP contribution in [-0.2, 0) is 10.0 Å². The number of likely N-dealkylation sites (tertiary alicyclic amines) is 1. The minimum atomic E-state index is -3.23. The molecular weight excluding hydrogens is 441 g/mol. The molecule has 1 fully saturated rings. The predicted molar refractivity (Wildman–Crippen MR) is 112 cm³/mol. The third kappa shape index (κ3) is 7.83. The second-order valence-electron chi connectivity index (χ2n) is 6.77. The molecular formula is C15H34IN5O2S. The lowest BCUT2D eigenvalue weighted by Gasteiger charge is -2.30. The van der Waals surface area contributed by atoms with Crippen molar-refractivity contribution < 1.29 is 8.42 Å². The molecule has 0 bridgehead atoms. The van der Waals surface area contributed by atoms with E-state index in [1.165, 1.54) is 6.26 Å². The van der Waals surface area contributed by atoms with E-state index in [-0.39, 0.29) is 24.0 Å². The molecule has 9 heteroatoms. The largest absolute Gasteiger partial charge is 0.354 e. The van der Waals surface area contributed by atoms with Crippen molar-refractivity contribution in [1.82, 2.24) is 19.8 Å². The summed E-state index contributed by atoms with van der Waals surface area (Å²) in [6.45, 7) is 12.6. The number of hydrogen-bond acceptors (Lipinski definition) is 4. The van der Waals surface area contributed by atoms with Gasteiger partial charge < -0.3 is 10.2 Å². The lowest BCUT2D eigenvalue weighted by atomic mass is 10.1. The van der Waals surface area contributed by atoms with Crippen molar-refractivity contribution in [3.63, 3.8) is 0 Å². The molecule has 0 radical (unpaired) electrons. The van der Waals surface area contributed by atoms with Gasteiger partial charge in [0.25, 0.3) is 0 Å². The molecule has 144 valence electrons. The van der Waals surface area contributed by atoms with Crippen LogP contribution in [0.5, 0.6) is 0 Å². The Morgan fingerprint density at radius 1 is 1.33 bits per heavy atom. The van der Waals surface area contributed by atoms with Crippen LogP contribution < -0.4 is 10.0 Å². The number of aliphatic imine (C=N–C) groups is 1. The van der Waals surface area contributed by atoms with E-state index >= 15 is 0 Å². The Labute approximate surface area is 164 Å². The highest BCUT2D eigenvalue weighted by molar-refractivity contribution is 14.0. The van der Waals surface area contributed by atoms with Crippen LogP contribution in [0.4, 0.5) is 0 Å². The molecule has 1 atom stereocenters. The lowest BCUT2D eigenvalue weighted by molar-refractivity contribution is 0.223. The molecule has 1 saturated heterocycles. The maximum absolute atomic E-state index is 11.4. The summed E-state index contributed by atoms with van der Waals surface area (Å²) in [5.74, 6) is 0.836. The summed E-state index contributed by atoms with van der Waals surface area (Å²) in [5.41, 5.74) is -0.568. The van der Waals surface area contributed by atoms with E-state index in [0.717, 1.165) is 38.6 Å². The molecule has 1 heterocycles. The van der Waals surface area contributed by atoms with E-state index in [4.69, 9.17) is 0 Å². The van der Waals surface area contributed by atoms with E-state index in [1.54, 1.807) is 7.05 Å². The molecule has 0 saturated carbocycles. The van der Waals surface area contributed by atoms with Gasteiger partial charge in [-0.15, -0.1) is 24.0 Å². The number of nitrogens with one attached hydrogen (secondary N) is 2. The molecule has 0 amide bonds. The third-order valence-corrected chi connectivity index (χ3v) is 5.08. The summed E-state index contributed by atoms with van der Waals surface area (Å²) < 4.78 is 25.5. The quantitative estimate of drug-likeness (QED) is 0.326. The zero-order chi connectivity index (χ0) is 17.7. The second kappa shape index (κ2) is 10.1. The first-order chi connectivity index (χ1) is 10.6. The van der Waals surface area contributed by atoms with Crippen LogP contribution in [-0.4, -0.2) is 81.8 Å². The fraction of sp³-hybridized carbons (Fsp3) is 0.933. The summed E-state index contributed by atoms with van der Waals surface area (Å²) >= 11 is 0. The summed E-state index contributed by atoms with van der Waals surface area (Å²) in [5, 5.41) is 3.30. The van der Waals surface area contributed by atoms with Crippen LogP contribution in [0, 0.1) is 0 Å². The van der Waals surface area contributed by atoms with Gasteiger partial charge in [0, 0.05) is 38.3 Å². The highest BCUT2D eigenvalue weighted by atomic mass is 127. The summed E-state index contributed by atoms with van der Waals surface area (Å²) in [4.78, 5) is 9.07. The van der Waals surface area contributed by atoms with Gasteiger partial charge in [0.2, 0.25) is 10.0 Å². The highest BCUT2D eigenvalue weighted by Crippen LogP contribution is 2.15. The van der Waals surface area contributed by atoms with Crippen LogP contribution in [0.3, 0.4) is 0 Å². The van der Waals surface area contributed by atoms with Gasteiger partial charge in [0.05, 0.1) is 6.26 Å². The zero-order valence-electron chi connectivity index (χ0n) is 15.8. The first-order valence-corrected chi connectivity index (χ1v) is 10.2. The van der Waals surface area contributed by atoms with Crippen molar-refractivity contribution in [2.75, 3.05) is 46.0 Å². The molecule has 1 unspecified atom stereocenters. The molecule has 0 aromatic heterocycles. The van der Waals surface area contributed by atoms with Gasteiger partial charge in [0.15, 0.2) is 5.96 Å². The Morgan fingerprint density at radius 2 is 1.92 bits per heavy atom. The van der Waals surface area contributed by atoms with Gasteiger partial charge in [-0.05, 0) is 33.4 Å². The third-order valence-electron chi connectivity index (χ3n) is 4.15. The molecule has 2 N–H and O–H groups in total. The Kier molecular flexibility index (Phi) is 10.1. The Hall–Kier alpha value is -0.130. The van der Waals surface area contributed by atoms with E-state index < -0.39 is 15.6 Å². The molecule has 1 aliphatic heterocycles. The minimum absolute atomic E-state index is 0. The predicted octanol–water partition coefficient (Wildman–Crippen LogP) is 0.924. The molecule has 1 rings (SSSR count). The smallest absolute Gasteiger partial charge is 0.209 e. The van der Waals surface area contributed by atoms with Gasteiger partial charge in [-0.2, -0.15) is 0 Å². The van der Waals surface area contributed by atoms with Gasteiger partial charge in [-0.3, -0.25) is 9.89 Å². The number of likely N-dealkylation sites (N-methyl/N-ethyl adjacent to an activating group) is 1. The fourth-order valence-corrected chi connectivity index (χ4v) is 4.22. The SMILES string of the molecule is CCN(CC)C1CCN(C(=NC)NCC(C)(C)NS(C)(=O)=O)C1.I. The average molecular weight is 475 g/mol. The number of hydrogen-bond donors (Lipinski definition) is 2. The fourth-order valence-electron chi connectivity index (χ4n) is 3.14.